The van der Waals surface area contributed by atoms with Crippen molar-refractivity contribution in [3.63, 3.8) is 0 Å². The van der Waals surface area contributed by atoms with E-state index in [1.54, 1.807) is 0 Å². The summed E-state index contributed by atoms with van der Waals surface area (Å²) in [5.41, 5.74) is 5.79. The van der Waals surface area contributed by atoms with Gasteiger partial charge >= 0.3 is 0 Å². The van der Waals surface area contributed by atoms with Gasteiger partial charge in [0.2, 0.25) is 11.8 Å². The first-order valence-corrected chi connectivity index (χ1v) is 4.09. The molecule has 0 amide bonds. The lowest BCUT2D eigenvalue weighted by atomic mass is 10.2. The highest BCUT2D eigenvalue weighted by molar-refractivity contribution is 5.31. The van der Waals surface area contributed by atoms with Crippen LogP contribution in [0.25, 0.3) is 0 Å². The van der Waals surface area contributed by atoms with Gasteiger partial charge in [-0.15, -0.1) is 0 Å². The van der Waals surface area contributed by atoms with E-state index in [4.69, 9.17) is 10.5 Å². The van der Waals surface area contributed by atoms with E-state index >= 15 is 0 Å². The first-order valence-electron chi connectivity index (χ1n) is 4.09. The predicted molar refractivity (Wildman–Crippen MR) is 44.9 cm³/mol. The molecule has 1 aromatic heterocycles. The van der Waals surface area contributed by atoms with Crippen LogP contribution in [0.3, 0.4) is 0 Å². The van der Waals surface area contributed by atoms with Gasteiger partial charge in [0.1, 0.15) is 0 Å². The number of anilines is 1. The monoisotopic (exact) mass is 183 g/mol. The normalized spacial score (nSPS) is 15.8. The van der Waals surface area contributed by atoms with Crippen LogP contribution in [0.15, 0.2) is 0 Å². The maximum atomic E-state index is 13.4. The average Bonchev–Trinajstić information content (AvgIpc) is 2.91. The van der Waals surface area contributed by atoms with Crippen molar-refractivity contribution in [3.8, 4) is 5.88 Å². The van der Waals surface area contributed by atoms with Gasteiger partial charge in [-0.3, -0.25) is 0 Å². The van der Waals surface area contributed by atoms with Crippen LogP contribution in [-0.2, 0) is 0 Å². The minimum atomic E-state index is -0.473. The minimum absolute atomic E-state index is 0.0607. The quantitative estimate of drug-likeness (QED) is 0.745. The molecule has 0 unspecified atom stereocenters. The van der Waals surface area contributed by atoms with E-state index in [0.29, 0.717) is 5.69 Å². The SMILES string of the molecule is COc1nc(N)nc(C2CC2)c1F. The van der Waals surface area contributed by atoms with Gasteiger partial charge in [0.05, 0.1) is 12.8 Å². The molecule has 70 valence electrons. The number of ether oxygens (including phenoxy) is 1. The summed E-state index contributed by atoms with van der Waals surface area (Å²) in [5.74, 6) is -0.257. The fourth-order valence-corrected chi connectivity index (χ4v) is 1.22. The van der Waals surface area contributed by atoms with Crippen molar-refractivity contribution in [2.45, 2.75) is 18.8 Å². The first-order chi connectivity index (χ1) is 6.22. The number of rotatable bonds is 2. The molecule has 0 spiro atoms. The Bertz CT molecular complexity index is 338. The molecule has 1 fully saturated rings. The van der Waals surface area contributed by atoms with E-state index in [-0.39, 0.29) is 17.7 Å². The van der Waals surface area contributed by atoms with E-state index < -0.39 is 5.82 Å². The van der Waals surface area contributed by atoms with E-state index in [0.717, 1.165) is 12.8 Å². The van der Waals surface area contributed by atoms with Crippen molar-refractivity contribution in [3.05, 3.63) is 11.5 Å². The van der Waals surface area contributed by atoms with Crippen molar-refractivity contribution in [2.24, 2.45) is 0 Å². The second kappa shape index (κ2) is 2.83. The molecule has 1 aliphatic carbocycles. The van der Waals surface area contributed by atoms with Crippen LogP contribution in [0.5, 0.6) is 5.88 Å². The van der Waals surface area contributed by atoms with Gasteiger partial charge in [0.15, 0.2) is 0 Å². The zero-order valence-corrected chi connectivity index (χ0v) is 7.25. The molecule has 0 aromatic carbocycles. The number of halogens is 1. The Hall–Kier alpha value is -1.39. The highest BCUT2D eigenvalue weighted by atomic mass is 19.1. The molecule has 0 bridgehead atoms. The molecule has 13 heavy (non-hydrogen) atoms. The Morgan fingerprint density at radius 1 is 1.46 bits per heavy atom. The topological polar surface area (TPSA) is 61.0 Å². The van der Waals surface area contributed by atoms with Gasteiger partial charge < -0.3 is 10.5 Å². The Labute approximate surface area is 74.9 Å². The van der Waals surface area contributed by atoms with Gasteiger partial charge in [-0.05, 0) is 12.8 Å². The molecular weight excluding hydrogens is 173 g/mol. The molecule has 1 aliphatic rings. The summed E-state index contributed by atoms with van der Waals surface area (Å²) in [7, 11) is 1.36. The van der Waals surface area contributed by atoms with Crippen LogP contribution in [0.2, 0.25) is 0 Å². The molecule has 1 heterocycles. The fraction of sp³-hybridized carbons (Fsp3) is 0.500. The van der Waals surface area contributed by atoms with Gasteiger partial charge in [0.25, 0.3) is 5.88 Å². The van der Waals surface area contributed by atoms with E-state index in [9.17, 15) is 4.39 Å². The number of hydrogen-bond donors (Lipinski definition) is 1. The van der Waals surface area contributed by atoms with Gasteiger partial charge in [0, 0.05) is 5.92 Å². The number of methoxy groups -OCH3 is 1. The lowest BCUT2D eigenvalue weighted by Gasteiger charge is -2.05. The summed E-state index contributed by atoms with van der Waals surface area (Å²) >= 11 is 0. The molecule has 2 N–H and O–H groups in total. The molecule has 0 aliphatic heterocycles. The van der Waals surface area contributed by atoms with Gasteiger partial charge in [-0.1, -0.05) is 0 Å². The second-order valence-corrected chi connectivity index (χ2v) is 3.06. The molecule has 0 radical (unpaired) electrons. The largest absolute Gasteiger partial charge is 0.479 e. The van der Waals surface area contributed by atoms with Crippen molar-refractivity contribution < 1.29 is 9.13 Å². The standard InChI is InChI=1S/C8H10FN3O/c1-13-7-5(9)6(4-2-3-4)11-8(10)12-7/h4H,2-3H2,1H3,(H2,10,11,12). The summed E-state index contributed by atoms with van der Waals surface area (Å²) in [6, 6.07) is 0. The van der Waals surface area contributed by atoms with Crippen LogP contribution in [0.1, 0.15) is 24.5 Å². The summed E-state index contributed by atoms with van der Waals surface area (Å²) in [6.07, 6.45) is 1.94. The number of nitrogens with zero attached hydrogens (tertiary/aromatic N) is 2. The van der Waals surface area contributed by atoms with Crippen molar-refractivity contribution in [2.75, 3.05) is 12.8 Å². The highest BCUT2D eigenvalue weighted by Crippen LogP contribution is 2.41. The van der Waals surface area contributed by atoms with E-state index in [1.807, 2.05) is 0 Å². The van der Waals surface area contributed by atoms with E-state index in [2.05, 4.69) is 9.97 Å². The molecule has 0 atom stereocenters. The Morgan fingerprint density at radius 3 is 2.69 bits per heavy atom. The molecular formula is C8H10FN3O. The Kier molecular flexibility index (Phi) is 1.79. The third kappa shape index (κ3) is 1.41. The fourth-order valence-electron chi connectivity index (χ4n) is 1.22. The summed E-state index contributed by atoms with van der Waals surface area (Å²) in [6.45, 7) is 0. The average molecular weight is 183 g/mol. The Balaban J connectivity index is 2.47. The molecule has 1 saturated carbocycles. The smallest absolute Gasteiger partial charge is 0.255 e. The molecule has 1 aromatic rings. The highest BCUT2D eigenvalue weighted by Gasteiger charge is 2.30. The van der Waals surface area contributed by atoms with Crippen molar-refractivity contribution >= 4 is 5.95 Å². The van der Waals surface area contributed by atoms with Crippen molar-refractivity contribution in [1.82, 2.24) is 9.97 Å². The third-order valence-corrected chi connectivity index (χ3v) is 2.02. The summed E-state index contributed by atoms with van der Waals surface area (Å²) in [5, 5.41) is 0. The lowest BCUT2D eigenvalue weighted by Crippen LogP contribution is -2.05. The molecule has 4 nitrogen and oxygen atoms in total. The number of aromatic nitrogens is 2. The maximum absolute atomic E-state index is 13.4. The third-order valence-electron chi connectivity index (χ3n) is 2.02. The van der Waals surface area contributed by atoms with Gasteiger partial charge in [-0.25, -0.2) is 4.98 Å². The zero-order chi connectivity index (χ0) is 9.42. The van der Waals surface area contributed by atoms with Crippen LogP contribution in [0.4, 0.5) is 10.3 Å². The van der Waals surface area contributed by atoms with Crippen LogP contribution in [-0.4, -0.2) is 17.1 Å². The van der Waals surface area contributed by atoms with Crippen LogP contribution in [0, 0.1) is 5.82 Å². The second-order valence-electron chi connectivity index (χ2n) is 3.06. The predicted octanol–water partition coefficient (Wildman–Crippen LogP) is 1.08. The minimum Gasteiger partial charge on any atom is -0.479 e. The summed E-state index contributed by atoms with van der Waals surface area (Å²) < 4.78 is 18.2. The summed E-state index contributed by atoms with van der Waals surface area (Å²) in [4.78, 5) is 7.49. The molecule has 5 heteroatoms. The van der Waals surface area contributed by atoms with Crippen LogP contribution < -0.4 is 10.5 Å². The Morgan fingerprint density at radius 2 is 2.15 bits per heavy atom. The first kappa shape index (κ1) is 8.22. The number of nitrogen functional groups attached to an aromatic ring is 1. The zero-order valence-electron chi connectivity index (χ0n) is 7.25. The lowest BCUT2D eigenvalue weighted by molar-refractivity contribution is 0.365. The van der Waals surface area contributed by atoms with E-state index in [1.165, 1.54) is 7.11 Å². The maximum Gasteiger partial charge on any atom is 0.255 e. The van der Waals surface area contributed by atoms with Gasteiger partial charge in [-0.2, -0.15) is 9.37 Å². The molecule has 2 rings (SSSR count). The van der Waals surface area contributed by atoms with Crippen LogP contribution >= 0.6 is 0 Å². The number of hydrogen-bond acceptors (Lipinski definition) is 4. The molecule has 0 saturated heterocycles. The van der Waals surface area contributed by atoms with Crippen molar-refractivity contribution in [1.29, 1.82) is 0 Å². The number of nitrogens with two attached hydrogens (primary N) is 1.